The molecule has 1 aromatic carbocycles. The molecule has 1 saturated heterocycles. The van der Waals surface area contributed by atoms with Crippen molar-refractivity contribution in [3.05, 3.63) is 41.3 Å². The van der Waals surface area contributed by atoms with Crippen LogP contribution in [0.5, 0.6) is 0 Å². The molecule has 0 amide bonds. The first-order valence-electron chi connectivity index (χ1n) is 8.70. The van der Waals surface area contributed by atoms with Gasteiger partial charge in [0.05, 0.1) is 5.56 Å². The normalized spacial score (nSPS) is 25.5. The number of thioether (sulfide) groups is 1. The van der Waals surface area contributed by atoms with E-state index in [0.29, 0.717) is 17.0 Å². The summed E-state index contributed by atoms with van der Waals surface area (Å²) in [6.07, 6.45) is -2.16. The number of benzene rings is 1. The molecular formula is C18H20F3N3OS. The minimum Gasteiger partial charge on any atom is -0.416 e. The molecule has 2 fully saturated rings. The van der Waals surface area contributed by atoms with Gasteiger partial charge in [-0.1, -0.05) is 23.9 Å². The van der Waals surface area contributed by atoms with E-state index in [9.17, 15) is 13.2 Å². The predicted molar refractivity (Wildman–Crippen MR) is 92.0 cm³/mol. The molecule has 2 aliphatic rings. The Kier molecular flexibility index (Phi) is 4.51. The number of fused-ring (bicyclic) bond motifs is 1. The first kappa shape index (κ1) is 17.9. The number of aryl methyl sites for hydroxylation is 1. The van der Waals surface area contributed by atoms with Crippen molar-refractivity contribution < 1.29 is 17.6 Å². The molecule has 2 atom stereocenters. The van der Waals surface area contributed by atoms with Gasteiger partial charge in [0.15, 0.2) is 0 Å². The van der Waals surface area contributed by atoms with Crippen molar-refractivity contribution in [2.24, 2.45) is 5.92 Å². The van der Waals surface area contributed by atoms with Crippen LogP contribution in [0.15, 0.2) is 33.9 Å². The van der Waals surface area contributed by atoms with Gasteiger partial charge in [-0.25, -0.2) is 0 Å². The summed E-state index contributed by atoms with van der Waals surface area (Å²) >= 11 is 1.56. The summed E-state index contributed by atoms with van der Waals surface area (Å²) in [7, 11) is 0. The molecule has 4 nitrogen and oxygen atoms in total. The first-order valence-corrected chi connectivity index (χ1v) is 9.68. The summed E-state index contributed by atoms with van der Waals surface area (Å²) in [4.78, 5) is 2.42. The standard InChI is InChI=1S/C18H20F3N3OS/c1-12-22-23-16(25-12)26-8-2-7-24-10-15-9-17(15,11-24)13-3-5-14(6-4-13)18(19,20)21/h3-6,15H,2,7-11H2,1H3/t15-,17+/m0/s1. The average Bonchev–Trinajstić information content (AvgIpc) is 2.95. The van der Waals surface area contributed by atoms with Gasteiger partial charge >= 0.3 is 6.18 Å². The van der Waals surface area contributed by atoms with E-state index in [1.165, 1.54) is 12.1 Å². The van der Waals surface area contributed by atoms with Crippen LogP contribution in [0.3, 0.4) is 0 Å². The molecule has 2 aromatic rings. The van der Waals surface area contributed by atoms with Crippen molar-refractivity contribution >= 4 is 11.8 Å². The number of piperidine rings is 1. The molecule has 8 heteroatoms. The van der Waals surface area contributed by atoms with Crippen molar-refractivity contribution in [2.45, 2.75) is 36.6 Å². The van der Waals surface area contributed by atoms with Gasteiger partial charge in [0.1, 0.15) is 0 Å². The van der Waals surface area contributed by atoms with Gasteiger partial charge in [-0.15, -0.1) is 10.2 Å². The van der Waals surface area contributed by atoms with Crippen LogP contribution in [0.25, 0.3) is 0 Å². The Bertz CT molecular complexity index is 777. The number of hydrogen-bond donors (Lipinski definition) is 0. The minimum atomic E-state index is -4.27. The summed E-state index contributed by atoms with van der Waals surface area (Å²) in [5.41, 5.74) is 0.549. The van der Waals surface area contributed by atoms with Gasteiger partial charge < -0.3 is 9.32 Å². The molecule has 26 heavy (non-hydrogen) atoms. The van der Waals surface area contributed by atoms with Crippen LogP contribution in [0.1, 0.15) is 29.9 Å². The second-order valence-electron chi connectivity index (χ2n) is 7.16. The fourth-order valence-corrected chi connectivity index (χ4v) is 4.71. The smallest absolute Gasteiger partial charge is 0.416 e. The van der Waals surface area contributed by atoms with Crippen LogP contribution in [0.2, 0.25) is 0 Å². The minimum absolute atomic E-state index is 0.0703. The zero-order valence-corrected chi connectivity index (χ0v) is 15.2. The Morgan fingerprint density at radius 3 is 2.69 bits per heavy atom. The Labute approximate surface area is 154 Å². The molecule has 1 aliphatic heterocycles. The van der Waals surface area contributed by atoms with Crippen LogP contribution < -0.4 is 0 Å². The van der Waals surface area contributed by atoms with Gasteiger partial charge in [0.25, 0.3) is 5.22 Å². The number of rotatable bonds is 6. The fraction of sp³-hybridized carbons (Fsp3) is 0.556. The zero-order valence-electron chi connectivity index (χ0n) is 14.4. The quantitative estimate of drug-likeness (QED) is 0.554. The molecule has 140 valence electrons. The van der Waals surface area contributed by atoms with Crippen LogP contribution in [-0.2, 0) is 11.6 Å². The highest BCUT2D eigenvalue weighted by Gasteiger charge is 2.60. The number of likely N-dealkylation sites (tertiary alicyclic amines) is 1. The monoisotopic (exact) mass is 383 g/mol. The summed E-state index contributed by atoms with van der Waals surface area (Å²) in [5.74, 6) is 2.06. The first-order chi connectivity index (χ1) is 12.4. The largest absolute Gasteiger partial charge is 0.416 e. The third kappa shape index (κ3) is 3.49. The molecule has 1 saturated carbocycles. The summed E-state index contributed by atoms with van der Waals surface area (Å²) < 4.78 is 43.5. The van der Waals surface area contributed by atoms with Crippen LogP contribution >= 0.6 is 11.8 Å². The van der Waals surface area contributed by atoms with E-state index in [1.807, 2.05) is 0 Å². The van der Waals surface area contributed by atoms with Crippen molar-refractivity contribution in [1.29, 1.82) is 0 Å². The lowest BCUT2D eigenvalue weighted by molar-refractivity contribution is -0.137. The molecule has 1 aliphatic carbocycles. The fourth-order valence-electron chi connectivity index (χ4n) is 3.98. The molecule has 1 aromatic heterocycles. The Morgan fingerprint density at radius 2 is 2.04 bits per heavy atom. The highest BCUT2D eigenvalue weighted by molar-refractivity contribution is 7.99. The van der Waals surface area contributed by atoms with Gasteiger partial charge in [-0.05, 0) is 43.0 Å². The Morgan fingerprint density at radius 1 is 1.27 bits per heavy atom. The van der Waals surface area contributed by atoms with Crippen molar-refractivity contribution in [1.82, 2.24) is 15.1 Å². The number of nitrogens with zero attached hydrogens (tertiary/aromatic N) is 3. The lowest BCUT2D eigenvalue weighted by atomic mass is 9.94. The topological polar surface area (TPSA) is 42.2 Å². The van der Waals surface area contributed by atoms with E-state index in [4.69, 9.17) is 4.42 Å². The highest BCUT2D eigenvalue weighted by atomic mass is 32.2. The SMILES string of the molecule is Cc1nnc(SCCCN2C[C@@H]3C[C@]3(c3ccc(C(F)(F)F)cc3)C2)o1. The van der Waals surface area contributed by atoms with E-state index < -0.39 is 11.7 Å². The van der Waals surface area contributed by atoms with Crippen LogP contribution in [0, 0.1) is 12.8 Å². The lowest BCUT2D eigenvalue weighted by Crippen LogP contribution is -2.28. The summed E-state index contributed by atoms with van der Waals surface area (Å²) in [6.45, 7) is 4.73. The molecule has 2 heterocycles. The van der Waals surface area contributed by atoms with Crippen molar-refractivity contribution in [3.63, 3.8) is 0 Å². The summed E-state index contributed by atoms with van der Waals surface area (Å²) in [6, 6.07) is 5.76. The van der Waals surface area contributed by atoms with Gasteiger partial charge in [-0.2, -0.15) is 13.2 Å². The number of hydrogen-bond acceptors (Lipinski definition) is 5. The maximum absolute atomic E-state index is 12.7. The predicted octanol–water partition coefficient (Wildman–Crippen LogP) is 4.15. The van der Waals surface area contributed by atoms with Gasteiger partial charge in [0.2, 0.25) is 5.89 Å². The Hall–Kier alpha value is -1.54. The molecule has 4 rings (SSSR count). The molecule has 0 bridgehead atoms. The third-order valence-electron chi connectivity index (χ3n) is 5.36. The zero-order chi connectivity index (χ0) is 18.4. The average molecular weight is 383 g/mol. The van der Waals surface area contributed by atoms with Crippen molar-refractivity contribution in [2.75, 3.05) is 25.4 Å². The van der Waals surface area contributed by atoms with E-state index in [-0.39, 0.29) is 5.41 Å². The second kappa shape index (κ2) is 6.56. The highest BCUT2D eigenvalue weighted by Crippen LogP contribution is 2.59. The molecule has 0 unspecified atom stereocenters. The second-order valence-corrected chi connectivity index (χ2v) is 8.20. The number of aromatic nitrogens is 2. The Balaban J connectivity index is 1.28. The van der Waals surface area contributed by atoms with Crippen LogP contribution in [-0.4, -0.2) is 40.5 Å². The maximum atomic E-state index is 12.7. The molecular weight excluding hydrogens is 363 g/mol. The van der Waals surface area contributed by atoms with Crippen LogP contribution in [0.4, 0.5) is 13.2 Å². The molecule has 0 spiro atoms. The van der Waals surface area contributed by atoms with Crippen molar-refractivity contribution in [3.8, 4) is 0 Å². The van der Waals surface area contributed by atoms with E-state index in [0.717, 1.165) is 43.8 Å². The maximum Gasteiger partial charge on any atom is 0.416 e. The molecule has 0 N–H and O–H groups in total. The van der Waals surface area contributed by atoms with Gasteiger partial charge in [0, 0.05) is 31.2 Å². The number of alkyl halides is 3. The molecule has 0 radical (unpaired) electrons. The third-order valence-corrected chi connectivity index (χ3v) is 6.26. The van der Waals surface area contributed by atoms with E-state index >= 15 is 0 Å². The lowest BCUT2D eigenvalue weighted by Gasteiger charge is -2.21. The van der Waals surface area contributed by atoms with E-state index in [1.54, 1.807) is 30.8 Å². The van der Waals surface area contributed by atoms with E-state index in [2.05, 4.69) is 15.1 Å². The summed E-state index contributed by atoms with van der Waals surface area (Å²) in [5, 5.41) is 8.37. The van der Waals surface area contributed by atoms with Gasteiger partial charge in [-0.3, -0.25) is 0 Å². The number of halogens is 3.